The van der Waals surface area contributed by atoms with Crippen LogP contribution in [0.2, 0.25) is 0 Å². The molecule has 1 aromatic heterocycles. The van der Waals surface area contributed by atoms with Crippen LogP contribution in [0.4, 0.5) is 0 Å². The topological polar surface area (TPSA) is 46.9 Å². The molecular weight excluding hydrogens is 418 g/mol. The molecule has 0 aliphatic heterocycles. The summed E-state index contributed by atoms with van der Waals surface area (Å²) in [6.45, 7) is 7.93. The van der Waals surface area contributed by atoms with Crippen molar-refractivity contribution >= 4 is 16.9 Å². The molecule has 2 aromatic rings. The number of imidazole rings is 1. The number of nitrogens with zero attached hydrogens (tertiary/aromatic N) is 2. The molecule has 0 aliphatic rings. The van der Waals surface area contributed by atoms with Gasteiger partial charge in [0.2, 0.25) is 5.91 Å². The summed E-state index contributed by atoms with van der Waals surface area (Å²) in [4.78, 5) is 16.7. The van der Waals surface area contributed by atoms with E-state index in [1.807, 2.05) is 13.8 Å². The fourth-order valence-corrected chi connectivity index (χ4v) is 4.69. The Balaban J connectivity index is 1.61. The van der Waals surface area contributed by atoms with Crippen LogP contribution in [-0.4, -0.2) is 22.0 Å². The summed E-state index contributed by atoms with van der Waals surface area (Å²) in [7, 11) is 0. The molecule has 0 aliphatic carbocycles. The lowest BCUT2D eigenvalue weighted by atomic mass is 10.0. The molecular formula is C30H51N3O. The summed E-state index contributed by atoms with van der Waals surface area (Å²) in [6.07, 6.45) is 21.3. The molecule has 1 heterocycles. The van der Waals surface area contributed by atoms with Gasteiger partial charge in [-0.05, 0) is 25.0 Å². The molecule has 0 radical (unpaired) electrons. The minimum absolute atomic E-state index is 0.0462. The zero-order valence-corrected chi connectivity index (χ0v) is 22.4. The number of hydrogen-bond acceptors (Lipinski definition) is 2. The highest BCUT2D eigenvalue weighted by Crippen LogP contribution is 2.19. The number of carbonyl (C=O) groups excluding carboxylic acids is 1. The molecule has 0 spiro atoms. The second kappa shape index (κ2) is 17.6. The molecule has 1 N–H and O–H groups in total. The van der Waals surface area contributed by atoms with Crippen molar-refractivity contribution in [3.63, 3.8) is 0 Å². The van der Waals surface area contributed by atoms with E-state index in [0.29, 0.717) is 0 Å². The third kappa shape index (κ3) is 11.1. The van der Waals surface area contributed by atoms with Crippen molar-refractivity contribution < 1.29 is 4.79 Å². The lowest BCUT2D eigenvalue weighted by Crippen LogP contribution is -2.28. The number of fused-ring (bicyclic) bond motifs is 1. The van der Waals surface area contributed by atoms with E-state index < -0.39 is 0 Å². The maximum atomic E-state index is 11.8. The Hall–Kier alpha value is -1.84. The lowest BCUT2D eigenvalue weighted by Gasteiger charge is -2.10. The standard InChI is InChI=1S/C30H51N3O/c1-4-5-6-7-8-9-10-11-12-13-14-15-16-19-25-33-28-22-18-17-21-27(28)32-29(33)23-20-24-31-30(34)26(2)3/h17-18,21-22,26H,4-16,19-20,23-25H2,1-3H3,(H,31,34). The highest BCUT2D eigenvalue weighted by atomic mass is 16.1. The van der Waals surface area contributed by atoms with Gasteiger partial charge in [-0.2, -0.15) is 0 Å². The predicted molar refractivity (Wildman–Crippen MR) is 146 cm³/mol. The maximum Gasteiger partial charge on any atom is 0.222 e. The number of carbonyl (C=O) groups is 1. The molecule has 4 nitrogen and oxygen atoms in total. The van der Waals surface area contributed by atoms with Crippen molar-refractivity contribution in [1.82, 2.24) is 14.9 Å². The van der Waals surface area contributed by atoms with Gasteiger partial charge >= 0.3 is 0 Å². The first kappa shape index (κ1) is 28.4. The van der Waals surface area contributed by atoms with Gasteiger partial charge in [-0.3, -0.25) is 4.79 Å². The number of amides is 1. The third-order valence-electron chi connectivity index (χ3n) is 6.87. The molecule has 0 saturated heterocycles. The summed E-state index contributed by atoms with van der Waals surface area (Å²) in [5.74, 6) is 1.34. The predicted octanol–water partition coefficient (Wildman–Crippen LogP) is 8.22. The van der Waals surface area contributed by atoms with Crippen LogP contribution in [0.15, 0.2) is 24.3 Å². The van der Waals surface area contributed by atoms with Crippen LogP contribution in [0, 0.1) is 5.92 Å². The van der Waals surface area contributed by atoms with Gasteiger partial charge in [0.15, 0.2) is 0 Å². The monoisotopic (exact) mass is 469 g/mol. The Morgan fingerprint density at radius 3 is 1.97 bits per heavy atom. The number of hydrogen-bond donors (Lipinski definition) is 1. The van der Waals surface area contributed by atoms with E-state index in [4.69, 9.17) is 4.98 Å². The molecule has 1 aromatic carbocycles. The number of benzene rings is 1. The zero-order valence-electron chi connectivity index (χ0n) is 22.4. The van der Waals surface area contributed by atoms with Gasteiger partial charge in [-0.1, -0.05) is 116 Å². The normalized spacial score (nSPS) is 11.5. The lowest BCUT2D eigenvalue weighted by molar-refractivity contribution is -0.123. The number of nitrogens with one attached hydrogen (secondary N) is 1. The Labute approximate surface area is 209 Å². The van der Waals surface area contributed by atoms with Gasteiger partial charge < -0.3 is 9.88 Å². The minimum atomic E-state index is 0.0462. The Morgan fingerprint density at radius 1 is 0.824 bits per heavy atom. The van der Waals surface area contributed by atoms with E-state index in [2.05, 4.69) is 41.1 Å². The van der Waals surface area contributed by atoms with Crippen molar-refractivity contribution in [2.75, 3.05) is 6.54 Å². The van der Waals surface area contributed by atoms with E-state index in [-0.39, 0.29) is 11.8 Å². The SMILES string of the molecule is CCCCCCCCCCCCCCCCn1c(CCCNC(=O)C(C)C)nc2ccccc21. The summed E-state index contributed by atoms with van der Waals surface area (Å²) < 4.78 is 2.42. The third-order valence-corrected chi connectivity index (χ3v) is 6.87. The average molecular weight is 470 g/mol. The van der Waals surface area contributed by atoms with E-state index >= 15 is 0 Å². The highest BCUT2D eigenvalue weighted by molar-refractivity contribution is 5.77. The summed E-state index contributed by atoms with van der Waals surface area (Å²) >= 11 is 0. The van der Waals surface area contributed by atoms with Crippen molar-refractivity contribution in [2.45, 2.75) is 130 Å². The quantitative estimate of drug-likeness (QED) is 0.199. The van der Waals surface area contributed by atoms with Crippen LogP contribution in [0.3, 0.4) is 0 Å². The van der Waals surface area contributed by atoms with Crippen LogP contribution in [0.25, 0.3) is 11.0 Å². The van der Waals surface area contributed by atoms with Gasteiger partial charge in [-0.25, -0.2) is 4.98 Å². The Kier molecular flexibility index (Phi) is 14.7. The zero-order chi connectivity index (χ0) is 24.4. The van der Waals surface area contributed by atoms with Crippen LogP contribution in [0.1, 0.15) is 123 Å². The summed E-state index contributed by atoms with van der Waals surface area (Å²) in [5.41, 5.74) is 2.34. The van der Waals surface area contributed by atoms with Crippen molar-refractivity contribution in [1.29, 1.82) is 0 Å². The number of rotatable bonds is 20. The van der Waals surface area contributed by atoms with Crippen LogP contribution < -0.4 is 5.32 Å². The van der Waals surface area contributed by atoms with Gasteiger partial charge in [0.1, 0.15) is 5.82 Å². The number of aryl methyl sites for hydroxylation is 2. The smallest absolute Gasteiger partial charge is 0.222 e. The molecule has 0 bridgehead atoms. The molecule has 4 heteroatoms. The molecule has 1 amide bonds. The summed E-state index contributed by atoms with van der Waals surface area (Å²) in [5, 5.41) is 3.03. The van der Waals surface area contributed by atoms with Crippen LogP contribution >= 0.6 is 0 Å². The molecule has 0 saturated carbocycles. The second-order valence-electron chi connectivity index (χ2n) is 10.3. The van der Waals surface area contributed by atoms with Gasteiger partial charge in [0, 0.05) is 25.4 Å². The molecule has 2 rings (SSSR count). The van der Waals surface area contributed by atoms with Crippen molar-refractivity contribution in [2.24, 2.45) is 5.92 Å². The second-order valence-corrected chi connectivity index (χ2v) is 10.3. The van der Waals surface area contributed by atoms with Crippen LogP contribution in [0.5, 0.6) is 0 Å². The minimum Gasteiger partial charge on any atom is -0.356 e. The van der Waals surface area contributed by atoms with Gasteiger partial charge in [0.25, 0.3) is 0 Å². The van der Waals surface area contributed by atoms with Gasteiger partial charge in [0.05, 0.1) is 11.0 Å². The molecule has 0 fully saturated rings. The van der Waals surface area contributed by atoms with Crippen molar-refractivity contribution in [3.05, 3.63) is 30.1 Å². The Bertz CT molecular complexity index is 795. The highest BCUT2D eigenvalue weighted by Gasteiger charge is 2.11. The Morgan fingerprint density at radius 2 is 1.38 bits per heavy atom. The van der Waals surface area contributed by atoms with E-state index in [0.717, 1.165) is 37.3 Å². The fraction of sp³-hybridized carbons (Fsp3) is 0.733. The van der Waals surface area contributed by atoms with E-state index in [9.17, 15) is 4.79 Å². The molecule has 0 atom stereocenters. The molecule has 34 heavy (non-hydrogen) atoms. The number of aromatic nitrogens is 2. The first-order valence-corrected chi connectivity index (χ1v) is 14.3. The molecule has 0 unspecified atom stereocenters. The molecule has 192 valence electrons. The van der Waals surface area contributed by atoms with Gasteiger partial charge in [-0.15, -0.1) is 0 Å². The fourth-order valence-electron chi connectivity index (χ4n) is 4.69. The average Bonchev–Trinajstić information content (AvgIpc) is 3.19. The number of unbranched alkanes of at least 4 members (excludes halogenated alkanes) is 13. The van der Waals surface area contributed by atoms with Crippen molar-refractivity contribution in [3.8, 4) is 0 Å². The first-order chi connectivity index (χ1) is 16.6. The summed E-state index contributed by atoms with van der Waals surface area (Å²) in [6, 6.07) is 8.48. The largest absolute Gasteiger partial charge is 0.356 e. The van der Waals surface area contributed by atoms with E-state index in [1.54, 1.807) is 0 Å². The van der Waals surface area contributed by atoms with E-state index in [1.165, 1.54) is 95.4 Å². The van der Waals surface area contributed by atoms with Crippen LogP contribution in [-0.2, 0) is 17.8 Å². The first-order valence-electron chi connectivity index (χ1n) is 14.3. The number of para-hydroxylation sites is 2. The maximum absolute atomic E-state index is 11.8.